The molecule has 2 fully saturated rings. The van der Waals surface area contributed by atoms with Crippen LogP contribution in [0.1, 0.15) is 25.7 Å². The summed E-state index contributed by atoms with van der Waals surface area (Å²) in [4.78, 5) is 15.2. The van der Waals surface area contributed by atoms with Gasteiger partial charge in [0.25, 0.3) is 0 Å². The molecule has 0 bridgehead atoms. The fourth-order valence-corrected chi connectivity index (χ4v) is 2.30. The van der Waals surface area contributed by atoms with E-state index in [0.717, 1.165) is 38.2 Å². The third kappa shape index (κ3) is 1.61. The highest BCUT2D eigenvalue weighted by Crippen LogP contribution is 2.20. The molecule has 0 radical (unpaired) electrons. The van der Waals surface area contributed by atoms with Crippen molar-refractivity contribution in [3.8, 4) is 0 Å². The van der Waals surface area contributed by atoms with Gasteiger partial charge in [0, 0.05) is 33.0 Å². The van der Waals surface area contributed by atoms with E-state index in [9.17, 15) is 4.79 Å². The molecule has 1 amide bonds. The molecule has 2 heterocycles. The Morgan fingerprint density at radius 2 is 2.21 bits per heavy atom. The first-order valence-electron chi connectivity index (χ1n) is 5.26. The average molecular weight is 195 g/mol. The third-order valence-electron chi connectivity index (χ3n) is 3.17. The van der Waals surface area contributed by atoms with Gasteiger partial charge in [-0.15, -0.1) is 0 Å². The van der Waals surface area contributed by atoms with E-state index in [1.165, 1.54) is 0 Å². The van der Waals surface area contributed by atoms with Crippen molar-refractivity contribution in [3.05, 3.63) is 0 Å². The van der Waals surface area contributed by atoms with E-state index in [1.54, 1.807) is 4.90 Å². The quantitative estimate of drug-likeness (QED) is 0.669. The van der Waals surface area contributed by atoms with Crippen LogP contribution in [0.4, 0.5) is 0 Å². The Bertz CT molecular complexity index is 264. The van der Waals surface area contributed by atoms with Crippen LogP contribution in [0.25, 0.3) is 0 Å². The van der Waals surface area contributed by atoms with Crippen molar-refractivity contribution < 1.29 is 4.79 Å². The van der Waals surface area contributed by atoms with E-state index in [4.69, 9.17) is 5.41 Å². The van der Waals surface area contributed by atoms with E-state index in [2.05, 4.69) is 4.90 Å². The Hall–Kier alpha value is -1.06. The van der Waals surface area contributed by atoms with Crippen LogP contribution in [-0.4, -0.2) is 47.7 Å². The van der Waals surface area contributed by atoms with Crippen molar-refractivity contribution in [1.82, 2.24) is 9.80 Å². The van der Waals surface area contributed by atoms with Gasteiger partial charge in [0.05, 0.1) is 11.9 Å². The van der Waals surface area contributed by atoms with Gasteiger partial charge in [0.15, 0.2) is 0 Å². The van der Waals surface area contributed by atoms with E-state index in [-0.39, 0.29) is 11.9 Å². The van der Waals surface area contributed by atoms with Crippen LogP contribution in [0.3, 0.4) is 0 Å². The summed E-state index contributed by atoms with van der Waals surface area (Å²) < 4.78 is 0. The monoisotopic (exact) mass is 195 g/mol. The number of likely N-dealkylation sites (tertiary alicyclic amines) is 2. The van der Waals surface area contributed by atoms with Crippen LogP contribution in [0.5, 0.6) is 0 Å². The molecule has 14 heavy (non-hydrogen) atoms. The smallest absolute Gasteiger partial charge is 0.224 e. The van der Waals surface area contributed by atoms with Gasteiger partial charge < -0.3 is 9.80 Å². The molecule has 0 aromatic carbocycles. The number of amides is 1. The molecule has 2 aliphatic heterocycles. The number of nitrogens with zero attached hydrogens (tertiary/aromatic N) is 2. The summed E-state index contributed by atoms with van der Waals surface area (Å²) in [5, 5.41) is 7.84. The van der Waals surface area contributed by atoms with Gasteiger partial charge in [0.2, 0.25) is 5.91 Å². The number of hydrogen-bond acceptors (Lipinski definition) is 2. The molecule has 4 heteroatoms. The number of piperidine rings is 1. The first kappa shape index (κ1) is 9.49. The molecular weight excluding hydrogens is 178 g/mol. The zero-order valence-corrected chi connectivity index (χ0v) is 8.62. The van der Waals surface area contributed by atoms with Crippen LogP contribution in [0.2, 0.25) is 0 Å². The molecular formula is C10H17N3O. The van der Waals surface area contributed by atoms with E-state index < -0.39 is 0 Å². The van der Waals surface area contributed by atoms with Crippen LogP contribution >= 0.6 is 0 Å². The largest absolute Gasteiger partial charge is 0.355 e. The molecule has 0 saturated carbocycles. The Kier molecular flexibility index (Phi) is 2.44. The third-order valence-corrected chi connectivity index (χ3v) is 3.17. The number of carbonyl (C=O) groups excluding carboxylic acids is 1. The van der Waals surface area contributed by atoms with Crippen molar-refractivity contribution >= 4 is 11.7 Å². The molecule has 2 saturated heterocycles. The standard InChI is InChI=1S/C10H17N3O/c1-12-7-8(6-10(12)14)13-5-3-2-4-9(13)11/h8,11H,2-7H2,1H3. The molecule has 2 rings (SSSR count). The minimum atomic E-state index is 0.216. The zero-order valence-electron chi connectivity index (χ0n) is 8.62. The maximum absolute atomic E-state index is 11.4. The van der Waals surface area contributed by atoms with Gasteiger partial charge in [-0.25, -0.2) is 0 Å². The highest BCUT2D eigenvalue weighted by atomic mass is 16.2. The predicted octanol–water partition coefficient (Wildman–Crippen LogP) is 0.680. The van der Waals surface area contributed by atoms with E-state index in [1.807, 2.05) is 7.05 Å². The Balaban J connectivity index is 2.01. The SMILES string of the molecule is CN1CC(N2CCCCC2=N)CC1=O. The van der Waals surface area contributed by atoms with Gasteiger partial charge in [-0.1, -0.05) is 0 Å². The van der Waals surface area contributed by atoms with Gasteiger partial charge in [0.1, 0.15) is 0 Å². The molecule has 1 N–H and O–H groups in total. The molecule has 1 unspecified atom stereocenters. The highest BCUT2D eigenvalue weighted by molar-refractivity contribution is 5.83. The van der Waals surface area contributed by atoms with Gasteiger partial charge in [-0.05, 0) is 12.8 Å². The summed E-state index contributed by atoms with van der Waals surface area (Å²) in [7, 11) is 1.84. The van der Waals surface area contributed by atoms with Crippen LogP contribution < -0.4 is 0 Å². The van der Waals surface area contributed by atoms with Crippen molar-refractivity contribution in [2.75, 3.05) is 20.1 Å². The fraction of sp³-hybridized carbons (Fsp3) is 0.800. The second kappa shape index (κ2) is 3.59. The molecule has 0 aliphatic carbocycles. The van der Waals surface area contributed by atoms with Crippen LogP contribution in [-0.2, 0) is 4.79 Å². The maximum atomic E-state index is 11.4. The minimum absolute atomic E-state index is 0.216. The second-order valence-corrected chi connectivity index (χ2v) is 4.23. The first-order chi connectivity index (χ1) is 6.68. The van der Waals surface area contributed by atoms with Crippen molar-refractivity contribution in [3.63, 3.8) is 0 Å². The normalized spacial score (nSPS) is 28.8. The molecule has 0 spiro atoms. The van der Waals surface area contributed by atoms with Crippen molar-refractivity contribution in [2.24, 2.45) is 0 Å². The predicted molar refractivity (Wildman–Crippen MR) is 54.3 cm³/mol. The Morgan fingerprint density at radius 1 is 1.43 bits per heavy atom. The summed E-state index contributed by atoms with van der Waals surface area (Å²) in [5.41, 5.74) is 0. The number of rotatable bonds is 1. The lowest BCUT2D eigenvalue weighted by Gasteiger charge is -2.34. The number of carbonyl (C=O) groups is 1. The molecule has 0 aromatic rings. The van der Waals surface area contributed by atoms with Gasteiger partial charge >= 0.3 is 0 Å². The van der Waals surface area contributed by atoms with Gasteiger partial charge in [-0.3, -0.25) is 10.2 Å². The van der Waals surface area contributed by atoms with Gasteiger partial charge in [-0.2, -0.15) is 0 Å². The number of hydrogen-bond donors (Lipinski definition) is 1. The highest BCUT2D eigenvalue weighted by Gasteiger charge is 2.33. The van der Waals surface area contributed by atoms with Crippen molar-refractivity contribution in [2.45, 2.75) is 31.7 Å². The summed E-state index contributed by atoms with van der Waals surface area (Å²) in [6.45, 7) is 1.76. The molecule has 2 aliphatic rings. The summed E-state index contributed by atoms with van der Waals surface area (Å²) in [6, 6.07) is 0.264. The Labute approximate surface area is 84.4 Å². The molecule has 0 aromatic heterocycles. The molecule has 1 atom stereocenters. The zero-order chi connectivity index (χ0) is 10.1. The fourth-order valence-electron chi connectivity index (χ4n) is 2.30. The lowest BCUT2D eigenvalue weighted by atomic mass is 10.1. The van der Waals surface area contributed by atoms with E-state index >= 15 is 0 Å². The second-order valence-electron chi connectivity index (χ2n) is 4.23. The number of likely N-dealkylation sites (N-methyl/N-ethyl adjacent to an activating group) is 1. The topological polar surface area (TPSA) is 47.4 Å². The van der Waals surface area contributed by atoms with Crippen LogP contribution in [0, 0.1) is 5.41 Å². The van der Waals surface area contributed by atoms with E-state index in [0.29, 0.717) is 6.42 Å². The van der Waals surface area contributed by atoms with Crippen molar-refractivity contribution in [1.29, 1.82) is 5.41 Å². The first-order valence-corrected chi connectivity index (χ1v) is 5.26. The maximum Gasteiger partial charge on any atom is 0.224 e. The van der Waals surface area contributed by atoms with Crippen LogP contribution in [0.15, 0.2) is 0 Å². The number of amidine groups is 1. The Morgan fingerprint density at radius 3 is 2.79 bits per heavy atom. The summed E-state index contributed by atoms with van der Waals surface area (Å²) in [6.07, 6.45) is 3.77. The summed E-state index contributed by atoms with van der Waals surface area (Å²) >= 11 is 0. The lowest BCUT2D eigenvalue weighted by Crippen LogP contribution is -2.44. The molecule has 4 nitrogen and oxygen atoms in total. The lowest BCUT2D eigenvalue weighted by molar-refractivity contribution is -0.126. The summed E-state index contributed by atoms with van der Waals surface area (Å²) in [5.74, 6) is 0.942. The minimum Gasteiger partial charge on any atom is -0.355 e. The number of nitrogens with one attached hydrogen (secondary N) is 1. The average Bonchev–Trinajstić information content (AvgIpc) is 2.48. The molecule has 78 valence electrons.